The number of imidazole rings is 1. The summed E-state index contributed by atoms with van der Waals surface area (Å²) in [5.74, 6) is 2.43. The molecule has 7 heteroatoms. The first-order valence-corrected chi connectivity index (χ1v) is 8.32. The van der Waals surface area contributed by atoms with Crippen molar-refractivity contribution in [2.75, 3.05) is 13.1 Å². The van der Waals surface area contributed by atoms with Gasteiger partial charge in [0.05, 0.1) is 0 Å². The Labute approximate surface area is 161 Å². The maximum Gasteiger partial charge on any atom is 0.191 e. The SMILES string of the molecule is CCNC(=NCc1nccn1CC(C)C)NCCn1cccc1.I. The van der Waals surface area contributed by atoms with Crippen LogP contribution in [-0.4, -0.2) is 33.2 Å². The molecular weight excluding hydrogens is 415 g/mol. The number of hydrogen-bond acceptors (Lipinski definition) is 2. The second kappa shape index (κ2) is 11.1. The minimum atomic E-state index is 0. The summed E-state index contributed by atoms with van der Waals surface area (Å²) in [5, 5.41) is 6.64. The molecule has 0 spiro atoms. The summed E-state index contributed by atoms with van der Waals surface area (Å²) in [7, 11) is 0. The molecule has 0 unspecified atom stereocenters. The number of guanidine groups is 1. The van der Waals surface area contributed by atoms with Crippen molar-refractivity contribution in [1.82, 2.24) is 24.8 Å². The fraction of sp³-hybridized carbons (Fsp3) is 0.529. The molecule has 24 heavy (non-hydrogen) atoms. The Balaban J connectivity index is 0.00000288. The average Bonchev–Trinajstić information content (AvgIpc) is 3.16. The topological polar surface area (TPSA) is 59.2 Å². The molecular formula is C17H29IN6. The second-order valence-corrected chi connectivity index (χ2v) is 5.93. The highest BCUT2D eigenvalue weighted by molar-refractivity contribution is 14.0. The lowest BCUT2D eigenvalue weighted by molar-refractivity contribution is 0.507. The molecule has 2 aromatic heterocycles. The van der Waals surface area contributed by atoms with Crippen LogP contribution < -0.4 is 10.6 Å². The van der Waals surface area contributed by atoms with E-state index in [1.807, 2.05) is 24.5 Å². The third kappa shape index (κ3) is 6.94. The minimum absolute atomic E-state index is 0. The number of aliphatic imine (C=N–C) groups is 1. The van der Waals surface area contributed by atoms with Crippen LogP contribution in [0.4, 0.5) is 0 Å². The summed E-state index contributed by atoms with van der Waals surface area (Å²) in [6.07, 6.45) is 8.00. The average molecular weight is 444 g/mol. The van der Waals surface area contributed by atoms with E-state index in [2.05, 4.69) is 62.9 Å². The molecule has 0 amide bonds. The van der Waals surface area contributed by atoms with Gasteiger partial charge in [-0.05, 0) is 25.0 Å². The lowest BCUT2D eigenvalue weighted by Crippen LogP contribution is -2.38. The fourth-order valence-electron chi connectivity index (χ4n) is 2.37. The summed E-state index contributed by atoms with van der Waals surface area (Å²) in [5.41, 5.74) is 0. The molecule has 0 saturated heterocycles. The van der Waals surface area contributed by atoms with E-state index in [9.17, 15) is 0 Å². The normalized spacial score (nSPS) is 11.4. The quantitative estimate of drug-likeness (QED) is 0.374. The van der Waals surface area contributed by atoms with E-state index in [0.717, 1.165) is 38.0 Å². The van der Waals surface area contributed by atoms with Crippen molar-refractivity contribution in [3.63, 3.8) is 0 Å². The predicted octanol–water partition coefficient (Wildman–Crippen LogP) is 2.71. The van der Waals surface area contributed by atoms with Crippen LogP contribution in [0.15, 0.2) is 41.9 Å². The van der Waals surface area contributed by atoms with Gasteiger partial charge in [-0.25, -0.2) is 9.98 Å². The molecule has 134 valence electrons. The molecule has 2 N–H and O–H groups in total. The van der Waals surface area contributed by atoms with Crippen LogP contribution >= 0.6 is 24.0 Å². The van der Waals surface area contributed by atoms with Gasteiger partial charge in [-0.15, -0.1) is 24.0 Å². The van der Waals surface area contributed by atoms with Crippen molar-refractivity contribution in [2.45, 2.75) is 40.4 Å². The summed E-state index contributed by atoms with van der Waals surface area (Å²) >= 11 is 0. The minimum Gasteiger partial charge on any atom is -0.357 e. The highest BCUT2D eigenvalue weighted by Crippen LogP contribution is 2.04. The van der Waals surface area contributed by atoms with Crippen molar-refractivity contribution in [1.29, 1.82) is 0 Å². The zero-order chi connectivity index (χ0) is 16.5. The number of hydrogen-bond donors (Lipinski definition) is 2. The second-order valence-electron chi connectivity index (χ2n) is 5.93. The molecule has 0 atom stereocenters. The maximum atomic E-state index is 4.64. The molecule has 2 aromatic rings. The molecule has 0 saturated carbocycles. The fourth-order valence-corrected chi connectivity index (χ4v) is 2.37. The summed E-state index contributed by atoms with van der Waals surface area (Å²) in [6, 6.07) is 4.07. The first-order valence-electron chi connectivity index (χ1n) is 8.32. The number of halogens is 1. The Hall–Kier alpha value is -1.51. The Morgan fingerprint density at radius 1 is 1.21 bits per heavy atom. The van der Waals surface area contributed by atoms with Gasteiger partial charge >= 0.3 is 0 Å². The van der Waals surface area contributed by atoms with E-state index >= 15 is 0 Å². The smallest absolute Gasteiger partial charge is 0.191 e. The molecule has 0 bridgehead atoms. The van der Waals surface area contributed by atoms with Gasteiger partial charge in [0.15, 0.2) is 5.96 Å². The highest BCUT2D eigenvalue weighted by Gasteiger charge is 2.05. The van der Waals surface area contributed by atoms with Crippen molar-refractivity contribution >= 4 is 29.9 Å². The third-order valence-electron chi connectivity index (χ3n) is 3.42. The standard InChI is InChI=1S/C17H28N6.HI/c1-4-18-17(20-7-11-22-9-5-6-10-22)21-13-16-19-8-12-23(16)14-15(2)3;/h5-6,8-10,12,15H,4,7,11,13-14H2,1-3H3,(H2,18,20,21);1H. The molecule has 0 aliphatic carbocycles. The van der Waals surface area contributed by atoms with Crippen molar-refractivity contribution in [3.8, 4) is 0 Å². The molecule has 0 aromatic carbocycles. The van der Waals surface area contributed by atoms with E-state index < -0.39 is 0 Å². The van der Waals surface area contributed by atoms with Gasteiger partial charge in [0.1, 0.15) is 12.4 Å². The Morgan fingerprint density at radius 2 is 1.96 bits per heavy atom. The molecule has 2 heterocycles. The van der Waals surface area contributed by atoms with Gasteiger partial charge in [0, 0.05) is 51.0 Å². The summed E-state index contributed by atoms with van der Waals surface area (Å²) < 4.78 is 4.32. The molecule has 6 nitrogen and oxygen atoms in total. The van der Waals surface area contributed by atoms with Crippen LogP contribution in [0.25, 0.3) is 0 Å². The van der Waals surface area contributed by atoms with Gasteiger partial charge < -0.3 is 19.8 Å². The van der Waals surface area contributed by atoms with Gasteiger partial charge in [-0.3, -0.25) is 0 Å². The molecule has 0 radical (unpaired) electrons. The van der Waals surface area contributed by atoms with Crippen LogP contribution in [-0.2, 0) is 19.6 Å². The molecule has 0 aliphatic heterocycles. The van der Waals surface area contributed by atoms with Crippen LogP contribution in [0, 0.1) is 5.92 Å². The number of nitrogens with one attached hydrogen (secondary N) is 2. The summed E-state index contributed by atoms with van der Waals surface area (Å²) in [6.45, 7) is 10.6. The monoisotopic (exact) mass is 444 g/mol. The Bertz CT molecular complexity index is 588. The molecule has 2 rings (SSSR count). The van der Waals surface area contributed by atoms with E-state index in [1.54, 1.807) is 0 Å². The van der Waals surface area contributed by atoms with Gasteiger partial charge in [0.25, 0.3) is 0 Å². The van der Waals surface area contributed by atoms with Gasteiger partial charge in [0.2, 0.25) is 0 Å². The first-order chi connectivity index (χ1) is 11.2. The summed E-state index contributed by atoms with van der Waals surface area (Å²) in [4.78, 5) is 9.06. The zero-order valence-corrected chi connectivity index (χ0v) is 17.1. The van der Waals surface area contributed by atoms with Gasteiger partial charge in [-0.1, -0.05) is 13.8 Å². The van der Waals surface area contributed by atoms with Crippen molar-refractivity contribution in [3.05, 3.63) is 42.7 Å². The Kier molecular flexibility index (Phi) is 9.51. The predicted molar refractivity (Wildman–Crippen MR) is 110 cm³/mol. The van der Waals surface area contributed by atoms with E-state index in [-0.39, 0.29) is 24.0 Å². The number of nitrogens with zero attached hydrogens (tertiary/aromatic N) is 4. The highest BCUT2D eigenvalue weighted by atomic mass is 127. The van der Waals surface area contributed by atoms with E-state index in [0.29, 0.717) is 12.5 Å². The van der Waals surface area contributed by atoms with E-state index in [1.165, 1.54) is 0 Å². The molecule has 0 aliphatic rings. The van der Waals surface area contributed by atoms with Crippen molar-refractivity contribution < 1.29 is 0 Å². The zero-order valence-electron chi connectivity index (χ0n) is 14.8. The first kappa shape index (κ1) is 20.5. The van der Waals surface area contributed by atoms with Gasteiger partial charge in [-0.2, -0.15) is 0 Å². The largest absolute Gasteiger partial charge is 0.357 e. The van der Waals surface area contributed by atoms with Crippen molar-refractivity contribution in [2.24, 2.45) is 10.9 Å². The van der Waals surface area contributed by atoms with E-state index in [4.69, 9.17) is 0 Å². The number of aromatic nitrogens is 3. The van der Waals surface area contributed by atoms with Crippen LogP contribution in [0.5, 0.6) is 0 Å². The third-order valence-corrected chi connectivity index (χ3v) is 3.42. The molecule has 0 fully saturated rings. The maximum absolute atomic E-state index is 4.64. The number of rotatable bonds is 8. The van der Waals surface area contributed by atoms with Crippen LogP contribution in [0.2, 0.25) is 0 Å². The lowest BCUT2D eigenvalue weighted by Gasteiger charge is -2.12. The van der Waals surface area contributed by atoms with Crippen LogP contribution in [0.1, 0.15) is 26.6 Å². The van der Waals surface area contributed by atoms with Crippen LogP contribution in [0.3, 0.4) is 0 Å². The lowest BCUT2D eigenvalue weighted by atomic mass is 10.2. The Morgan fingerprint density at radius 3 is 2.62 bits per heavy atom.